The van der Waals surface area contributed by atoms with Crippen molar-refractivity contribution in [2.75, 3.05) is 10.6 Å². The van der Waals surface area contributed by atoms with Crippen molar-refractivity contribution in [3.05, 3.63) is 83.4 Å². The van der Waals surface area contributed by atoms with E-state index in [0.717, 1.165) is 16.8 Å². The first-order chi connectivity index (χ1) is 13.7. The van der Waals surface area contributed by atoms with E-state index in [1.54, 1.807) is 42.7 Å². The van der Waals surface area contributed by atoms with Gasteiger partial charge in [-0.1, -0.05) is 12.0 Å². The van der Waals surface area contributed by atoms with Gasteiger partial charge in [-0.15, -0.1) is 0 Å². The summed E-state index contributed by atoms with van der Waals surface area (Å²) in [5, 5.41) is 5.70. The molecule has 2 aromatic carbocycles. The van der Waals surface area contributed by atoms with Crippen molar-refractivity contribution >= 4 is 23.2 Å². The van der Waals surface area contributed by atoms with Crippen molar-refractivity contribution in [1.29, 1.82) is 0 Å². The molecule has 1 aromatic heterocycles. The van der Waals surface area contributed by atoms with Gasteiger partial charge in [0.1, 0.15) is 0 Å². The maximum Gasteiger partial charge on any atom is 0.255 e. The number of anilines is 2. The summed E-state index contributed by atoms with van der Waals surface area (Å²) in [4.78, 5) is 32.2. The average molecular weight is 368 g/mol. The van der Waals surface area contributed by atoms with Gasteiger partial charge in [0.15, 0.2) is 0 Å². The van der Waals surface area contributed by atoms with Crippen LogP contribution in [0.1, 0.15) is 33.7 Å². The number of fused-ring (bicyclic) bond motifs is 1. The average Bonchev–Trinajstić information content (AvgIpc) is 2.73. The van der Waals surface area contributed by atoms with Crippen molar-refractivity contribution in [3.8, 4) is 11.8 Å². The van der Waals surface area contributed by atoms with Gasteiger partial charge in [-0.3, -0.25) is 9.59 Å². The van der Waals surface area contributed by atoms with E-state index in [9.17, 15) is 9.59 Å². The Kier molecular flexibility index (Phi) is 4.81. The van der Waals surface area contributed by atoms with E-state index >= 15 is 0 Å². The van der Waals surface area contributed by atoms with E-state index < -0.39 is 0 Å². The first-order valence-electron chi connectivity index (χ1n) is 8.81. The SMILES string of the molecule is O=C1CCc2cc(C(=O)Nc3cccc(C#Cc4ncccn4)c3)ccc2N1. The van der Waals surface area contributed by atoms with E-state index in [1.165, 1.54) is 0 Å². The Balaban J connectivity index is 1.49. The van der Waals surface area contributed by atoms with Crippen LogP contribution in [0.5, 0.6) is 0 Å². The largest absolute Gasteiger partial charge is 0.326 e. The van der Waals surface area contributed by atoms with Crippen molar-refractivity contribution in [2.24, 2.45) is 0 Å². The summed E-state index contributed by atoms with van der Waals surface area (Å²) in [6, 6.07) is 14.3. The normalized spacial score (nSPS) is 12.2. The van der Waals surface area contributed by atoms with Gasteiger partial charge in [0.2, 0.25) is 11.7 Å². The zero-order valence-electron chi connectivity index (χ0n) is 14.9. The molecular weight excluding hydrogens is 352 g/mol. The molecule has 2 heterocycles. The summed E-state index contributed by atoms with van der Waals surface area (Å²) in [6.45, 7) is 0. The lowest BCUT2D eigenvalue weighted by Gasteiger charge is -2.17. The highest BCUT2D eigenvalue weighted by atomic mass is 16.2. The van der Waals surface area contributed by atoms with Gasteiger partial charge in [0, 0.05) is 41.3 Å². The van der Waals surface area contributed by atoms with Crippen LogP contribution < -0.4 is 10.6 Å². The van der Waals surface area contributed by atoms with E-state index in [0.29, 0.717) is 29.9 Å². The fourth-order valence-corrected chi connectivity index (χ4v) is 2.89. The van der Waals surface area contributed by atoms with Crippen LogP contribution >= 0.6 is 0 Å². The summed E-state index contributed by atoms with van der Waals surface area (Å²) in [5.41, 5.74) is 3.68. The highest BCUT2D eigenvalue weighted by Gasteiger charge is 2.16. The number of benzene rings is 2. The summed E-state index contributed by atoms with van der Waals surface area (Å²) in [7, 11) is 0. The smallest absolute Gasteiger partial charge is 0.255 e. The van der Waals surface area contributed by atoms with Crippen LogP contribution in [0.4, 0.5) is 11.4 Å². The molecule has 6 nitrogen and oxygen atoms in total. The highest BCUT2D eigenvalue weighted by Crippen LogP contribution is 2.24. The van der Waals surface area contributed by atoms with Gasteiger partial charge in [-0.05, 0) is 60.4 Å². The summed E-state index contributed by atoms with van der Waals surface area (Å²) in [6.07, 6.45) is 4.34. The summed E-state index contributed by atoms with van der Waals surface area (Å²) in [5.74, 6) is 6.12. The van der Waals surface area contributed by atoms with Crippen molar-refractivity contribution in [1.82, 2.24) is 9.97 Å². The molecule has 0 atom stereocenters. The van der Waals surface area contributed by atoms with Crippen molar-refractivity contribution in [3.63, 3.8) is 0 Å². The Hall–Kier alpha value is -3.98. The summed E-state index contributed by atoms with van der Waals surface area (Å²) >= 11 is 0. The minimum absolute atomic E-state index is 0.00327. The molecule has 0 bridgehead atoms. The van der Waals surface area contributed by atoms with Crippen molar-refractivity contribution in [2.45, 2.75) is 12.8 Å². The molecule has 1 aliphatic heterocycles. The molecule has 0 spiro atoms. The molecule has 0 saturated heterocycles. The van der Waals surface area contributed by atoms with E-state index in [2.05, 4.69) is 32.4 Å². The number of aromatic nitrogens is 2. The minimum atomic E-state index is -0.212. The van der Waals surface area contributed by atoms with Crippen LogP contribution in [-0.2, 0) is 11.2 Å². The second-order valence-electron chi connectivity index (χ2n) is 6.28. The Labute approximate surface area is 162 Å². The summed E-state index contributed by atoms with van der Waals surface area (Å²) < 4.78 is 0. The lowest BCUT2D eigenvalue weighted by molar-refractivity contribution is -0.116. The van der Waals surface area contributed by atoms with Crippen LogP contribution in [0.15, 0.2) is 60.9 Å². The predicted molar refractivity (Wildman–Crippen MR) is 106 cm³/mol. The van der Waals surface area contributed by atoms with Gasteiger partial charge in [0.05, 0.1) is 0 Å². The third-order valence-corrected chi connectivity index (χ3v) is 4.27. The Morgan fingerprint density at radius 3 is 2.71 bits per heavy atom. The van der Waals surface area contributed by atoms with Gasteiger partial charge in [-0.25, -0.2) is 9.97 Å². The number of carbonyl (C=O) groups is 2. The molecule has 6 heteroatoms. The Morgan fingerprint density at radius 2 is 1.86 bits per heavy atom. The second kappa shape index (κ2) is 7.72. The van der Waals surface area contributed by atoms with Gasteiger partial charge < -0.3 is 10.6 Å². The molecule has 136 valence electrons. The first-order valence-corrected chi connectivity index (χ1v) is 8.81. The lowest BCUT2D eigenvalue weighted by atomic mass is 10.00. The third kappa shape index (κ3) is 4.05. The van der Waals surface area contributed by atoms with Gasteiger partial charge >= 0.3 is 0 Å². The monoisotopic (exact) mass is 368 g/mol. The number of nitrogens with one attached hydrogen (secondary N) is 2. The topological polar surface area (TPSA) is 84.0 Å². The Morgan fingerprint density at radius 1 is 1.00 bits per heavy atom. The molecule has 0 unspecified atom stereocenters. The molecule has 4 rings (SSSR count). The van der Waals surface area contributed by atoms with E-state index in [1.807, 2.05) is 18.2 Å². The molecule has 0 fully saturated rings. The molecule has 0 radical (unpaired) electrons. The Bertz CT molecular complexity index is 1110. The predicted octanol–water partition coefficient (Wildman–Crippen LogP) is 3.01. The molecule has 3 aromatic rings. The van der Waals surface area contributed by atoms with Crippen molar-refractivity contribution < 1.29 is 9.59 Å². The molecular formula is C22H16N4O2. The number of rotatable bonds is 2. The number of aryl methyl sites for hydroxylation is 1. The van der Waals surface area contributed by atoms with E-state index in [-0.39, 0.29) is 11.8 Å². The van der Waals surface area contributed by atoms with Crippen LogP contribution in [0.2, 0.25) is 0 Å². The molecule has 2 N–H and O–H groups in total. The van der Waals surface area contributed by atoms with Gasteiger partial charge in [0.25, 0.3) is 5.91 Å². The second-order valence-corrected chi connectivity index (χ2v) is 6.28. The van der Waals surface area contributed by atoms with E-state index in [4.69, 9.17) is 0 Å². The van der Waals surface area contributed by atoms with Gasteiger partial charge in [-0.2, -0.15) is 0 Å². The maximum absolute atomic E-state index is 12.6. The number of carbonyl (C=O) groups excluding carboxylic acids is 2. The fraction of sp³-hybridized carbons (Fsp3) is 0.0909. The first kappa shape index (κ1) is 17.4. The molecule has 28 heavy (non-hydrogen) atoms. The standard InChI is InChI=1S/C22H16N4O2/c27-21-10-7-16-14-17(6-8-19(16)26-21)22(28)25-18-4-1-3-15(13-18)5-9-20-23-11-2-12-24-20/h1-4,6,8,11-14H,7,10H2,(H,25,28)(H,26,27). The van der Waals surface area contributed by atoms with Crippen LogP contribution in [0, 0.1) is 11.8 Å². The maximum atomic E-state index is 12.6. The number of hydrogen-bond donors (Lipinski definition) is 2. The number of hydrogen-bond acceptors (Lipinski definition) is 4. The molecule has 0 saturated carbocycles. The number of amides is 2. The van der Waals surface area contributed by atoms with Crippen LogP contribution in [-0.4, -0.2) is 21.8 Å². The lowest BCUT2D eigenvalue weighted by Crippen LogP contribution is -2.20. The molecule has 1 aliphatic rings. The quantitative estimate of drug-likeness (QED) is 0.681. The zero-order chi connectivity index (χ0) is 19.3. The van der Waals surface area contributed by atoms with Crippen LogP contribution in [0.3, 0.4) is 0 Å². The molecule has 0 aliphatic carbocycles. The third-order valence-electron chi connectivity index (χ3n) is 4.27. The minimum Gasteiger partial charge on any atom is -0.326 e. The zero-order valence-corrected chi connectivity index (χ0v) is 14.9. The fourth-order valence-electron chi connectivity index (χ4n) is 2.89. The van der Waals surface area contributed by atoms with Crippen LogP contribution in [0.25, 0.3) is 0 Å². The number of nitrogens with zero attached hydrogens (tertiary/aromatic N) is 2. The molecule has 2 amide bonds. The highest BCUT2D eigenvalue weighted by molar-refractivity contribution is 6.05.